The van der Waals surface area contributed by atoms with Gasteiger partial charge in [-0.15, -0.1) is 0 Å². The van der Waals surface area contributed by atoms with Gasteiger partial charge in [0, 0.05) is 11.5 Å². The lowest BCUT2D eigenvalue weighted by molar-refractivity contribution is 0.278. The van der Waals surface area contributed by atoms with Gasteiger partial charge < -0.3 is 4.42 Å². The fraction of sp³-hybridized carbons (Fsp3) is 0.476. The second-order valence-electron chi connectivity index (χ2n) is 7.21. The molecule has 1 heterocycles. The smallest absolute Gasteiger partial charge is 0.252 e. The molecule has 1 aromatic carbocycles. The Morgan fingerprint density at radius 3 is 2.86 bits per heavy atom. The zero-order valence-electron chi connectivity index (χ0n) is 15.9. The van der Waals surface area contributed by atoms with Crippen LogP contribution in [0.4, 0.5) is 10.3 Å². The van der Waals surface area contributed by atoms with Crippen LogP contribution in [0, 0.1) is 23.1 Å². The van der Waals surface area contributed by atoms with Crippen LogP contribution in [0.15, 0.2) is 27.7 Å². The van der Waals surface area contributed by atoms with Gasteiger partial charge in [0.1, 0.15) is 11.9 Å². The van der Waals surface area contributed by atoms with Gasteiger partial charge in [-0.25, -0.2) is 14.8 Å². The van der Waals surface area contributed by atoms with Gasteiger partial charge in [0.25, 0.3) is 5.88 Å². The van der Waals surface area contributed by atoms with E-state index in [1.807, 2.05) is 6.07 Å². The predicted molar refractivity (Wildman–Crippen MR) is 108 cm³/mol. The number of anilines is 1. The third kappa shape index (κ3) is 4.90. The Morgan fingerprint density at radius 1 is 1.39 bits per heavy atom. The maximum Gasteiger partial charge on any atom is 0.252 e. The van der Waals surface area contributed by atoms with Crippen molar-refractivity contribution in [3.8, 4) is 6.07 Å². The molecule has 0 amide bonds. The number of nitrogens with zero attached hydrogens (tertiary/aromatic N) is 3. The van der Waals surface area contributed by atoms with Gasteiger partial charge in [0.05, 0.1) is 11.2 Å². The van der Waals surface area contributed by atoms with Crippen LogP contribution in [-0.2, 0) is 0 Å². The molecule has 2 aromatic rings. The van der Waals surface area contributed by atoms with E-state index in [0.717, 1.165) is 18.8 Å². The zero-order valence-corrected chi connectivity index (χ0v) is 16.7. The second-order valence-corrected chi connectivity index (χ2v) is 7.61. The molecule has 1 aliphatic carbocycles. The average molecular weight is 403 g/mol. The maximum atomic E-state index is 13.8. The highest BCUT2D eigenvalue weighted by Gasteiger charge is 2.27. The van der Waals surface area contributed by atoms with Crippen molar-refractivity contribution in [3.63, 3.8) is 0 Å². The highest BCUT2D eigenvalue weighted by molar-refractivity contribution is 6.33. The Labute approximate surface area is 169 Å². The van der Waals surface area contributed by atoms with Crippen LogP contribution < -0.4 is 5.43 Å². The topological polar surface area (TPSA) is 74.2 Å². The van der Waals surface area contributed by atoms with Gasteiger partial charge >= 0.3 is 0 Å². The molecule has 28 heavy (non-hydrogen) atoms. The van der Waals surface area contributed by atoms with Crippen LogP contribution in [-0.4, -0.2) is 11.2 Å². The maximum absolute atomic E-state index is 13.8. The summed E-state index contributed by atoms with van der Waals surface area (Å²) in [7, 11) is 0. The molecule has 0 bridgehead atoms. The van der Waals surface area contributed by atoms with E-state index >= 15 is 0 Å². The van der Waals surface area contributed by atoms with Crippen LogP contribution in [0.25, 0.3) is 0 Å². The molecule has 0 aliphatic heterocycles. The summed E-state index contributed by atoms with van der Waals surface area (Å²) in [5.41, 5.74) is 2.98. The first-order valence-corrected chi connectivity index (χ1v) is 10.1. The summed E-state index contributed by atoms with van der Waals surface area (Å²) in [6, 6.07) is 6.43. The van der Waals surface area contributed by atoms with Gasteiger partial charge in [-0.2, -0.15) is 10.4 Å². The van der Waals surface area contributed by atoms with Crippen LogP contribution in [0.5, 0.6) is 0 Å². The molecule has 0 atom stereocenters. The summed E-state index contributed by atoms with van der Waals surface area (Å²) in [5, 5.41) is 13.5. The molecular formula is C21H24ClFN4O. The Morgan fingerprint density at radius 2 is 2.18 bits per heavy atom. The average Bonchev–Trinajstić information content (AvgIpc) is 3.12. The number of nitriles is 1. The highest BCUT2D eigenvalue weighted by Crippen LogP contribution is 2.38. The molecule has 148 valence electrons. The van der Waals surface area contributed by atoms with Gasteiger partial charge in [-0.05, 0) is 43.7 Å². The quantitative estimate of drug-likeness (QED) is 0.438. The van der Waals surface area contributed by atoms with E-state index in [0.29, 0.717) is 5.89 Å². The SMILES string of the molecule is CCCCC1CCC(c2nc(C#N)c(NN=Cc3c(F)cccc3Cl)o2)CC1. The van der Waals surface area contributed by atoms with E-state index in [1.54, 1.807) is 6.07 Å². The minimum Gasteiger partial charge on any atom is -0.422 e. The van der Waals surface area contributed by atoms with E-state index in [9.17, 15) is 9.65 Å². The normalized spacial score (nSPS) is 19.6. The summed E-state index contributed by atoms with van der Waals surface area (Å²) >= 11 is 5.97. The van der Waals surface area contributed by atoms with Crippen LogP contribution in [0.3, 0.4) is 0 Å². The van der Waals surface area contributed by atoms with E-state index in [2.05, 4.69) is 22.4 Å². The second kappa shape index (κ2) is 9.70. The summed E-state index contributed by atoms with van der Waals surface area (Å²) in [5.74, 6) is 1.29. The number of hydrogen-bond donors (Lipinski definition) is 1. The molecule has 0 radical (unpaired) electrons. The largest absolute Gasteiger partial charge is 0.422 e. The van der Waals surface area contributed by atoms with Crippen molar-refractivity contribution in [1.82, 2.24) is 4.98 Å². The number of rotatable bonds is 7. The lowest BCUT2D eigenvalue weighted by Gasteiger charge is -2.26. The zero-order chi connectivity index (χ0) is 19.9. The molecule has 1 fully saturated rings. The Kier molecular flexibility index (Phi) is 7.05. The van der Waals surface area contributed by atoms with E-state index in [4.69, 9.17) is 16.0 Å². The van der Waals surface area contributed by atoms with E-state index < -0.39 is 5.82 Å². The molecule has 1 saturated carbocycles. The van der Waals surface area contributed by atoms with Crippen LogP contribution in [0.2, 0.25) is 5.02 Å². The summed E-state index contributed by atoms with van der Waals surface area (Å²) in [4.78, 5) is 4.34. The Balaban J connectivity index is 1.65. The lowest BCUT2D eigenvalue weighted by atomic mass is 9.80. The van der Waals surface area contributed by atoms with Crippen molar-refractivity contribution in [3.05, 3.63) is 46.2 Å². The van der Waals surface area contributed by atoms with Crippen LogP contribution in [0.1, 0.15) is 74.9 Å². The van der Waals surface area contributed by atoms with Crippen molar-refractivity contribution in [2.45, 2.75) is 57.8 Å². The predicted octanol–water partition coefficient (Wildman–Crippen LogP) is 6.25. The number of unbranched alkanes of at least 4 members (excludes halogenated alkanes) is 1. The number of hydrazone groups is 1. The molecule has 5 nitrogen and oxygen atoms in total. The molecule has 1 N–H and O–H groups in total. The number of nitrogens with one attached hydrogen (secondary N) is 1. The standard InChI is InChI=1S/C21H24ClFN4O/c1-2-3-5-14-8-10-15(11-9-14)20-26-19(12-24)21(28-20)27-25-13-16-17(22)6-4-7-18(16)23/h4,6-7,13-15,27H,2-3,5,8-11H2,1H3. The van der Waals surface area contributed by atoms with Gasteiger partial charge in [-0.3, -0.25) is 0 Å². The van der Waals surface area contributed by atoms with Crippen molar-refractivity contribution in [1.29, 1.82) is 5.26 Å². The summed E-state index contributed by atoms with van der Waals surface area (Å²) < 4.78 is 19.6. The van der Waals surface area contributed by atoms with Gasteiger partial charge in [-0.1, -0.05) is 43.9 Å². The number of hydrogen-bond acceptors (Lipinski definition) is 5. The van der Waals surface area contributed by atoms with Gasteiger partial charge in [0.2, 0.25) is 11.6 Å². The molecular weight excluding hydrogens is 379 g/mol. The Bertz CT molecular complexity index is 846. The molecule has 0 spiro atoms. The molecule has 7 heteroatoms. The fourth-order valence-electron chi connectivity index (χ4n) is 3.64. The van der Waals surface area contributed by atoms with E-state index in [1.165, 1.54) is 50.5 Å². The molecule has 0 saturated heterocycles. The van der Waals surface area contributed by atoms with Crippen molar-refractivity contribution in [2.75, 3.05) is 5.43 Å². The first kappa shape index (κ1) is 20.3. The number of benzene rings is 1. The fourth-order valence-corrected chi connectivity index (χ4v) is 3.86. The third-order valence-electron chi connectivity index (χ3n) is 5.27. The molecule has 1 aromatic heterocycles. The summed E-state index contributed by atoms with van der Waals surface area (Å²) in [6.07, 6.45) is 9.45. The summed E-state index contributed by atoms with van der Waals surface area (Å²) in [6.45, 7) is 2.22. The number of oxazole rings is 1. The minimum atomic E-state index is -0.475. The minimum absolute atomic E-state index is 0.153. The molecule has 0 unspecified atom stereocenters. The highest BCUT2D eigenvalue weighted by atomic mass is 35.5. The van der Waals surface area contributed by atoms with Crippen molar-refractivity contribution < 1.29 is 8.81 Å². The third-order valence-corrected chi connectivity index (χ3v) is 5.60. The van der Waals surface area contributed by atoms with Gasteiger partial charge in [0.15, 0.2) is 0 Å². The molecule has 3 rings (SSSR count). The van der Waals surface area contributed by atoms with E-state index in [-0.39, 0.29) is 28.1 Å². The lowest BCUT2D eigenvalue weighted by Crippen LogP contribution is -2.13. The number of halogens is 2. The van der Waals surface area contributed by atoms with Crippen LogP contribution >= 0.6 is 11.6 Å². The Hall–Kier alpha value is -2.39. The van der Waals surface area contributed by atoms with Crippen molar-refractivity contribution in [2.24, 2.45) is 11.0 Å². The number of aromatic nitrogens is 1. The molecule has 1 aliphatic rings. The van der Waals surface area contributed by atoms with Crippen molar-refractivity contribution >= 4 is 23.7 Å². The first-order valence-electron chi connectivity index (χ1n) is 9.76. The monoisotopic (exact) mass is 402 g/mol. The first-order chi connectivity index (χ1) is 13.6.